The minimum Gasteiger partial charge on any atom is -0.310 e. The fourth-order valence-corrected chi connectivity index (χ4v) is 4.81. The van der Waals surface area contributed by atoms with Crippen molar-refractivity contribution in [2.75, 3.05) is 0 Å². The number of nitrogens with zero attached hydrogens (tertiary/aromatic N) is 1. The van der Waals surface area contributed by atoms with Crippen LogP contribution >= 0.6 is 0 Å². The average molecular weight is 410 g/mol. The first-order chi connectivity index (χ1) is 15.0. The largest absolute Gasteiger partial charge is 0.310 e. The molecule has 3 aromatic rings. The summed E-state index contributed by atoms with van der Waals surface area (Å²) >= 11 is 0. The van der Waals surface area contributed by atoms with E-state index in [1.54, 1.807) is 0 Å². The van der Waals surface area contributed by atoms with E-state index in [-0.39, 0.29) is 5.41 Å². The van der Waals surface area contributed by atoms with E-state index in [0.717, 1.165) is 0 Å². The van der Waals surface area contributed by atoms with Crippen molar-refractivity contribution in [1.29, 1.82) is 0 Å². The highest BCUT2D eigenvalue weighted by Gasteiger charge is 2.36. The molecule has 0 saturated carbocycles. The third-order valence-corrected chi connectivity index (χ3v) is 6.17. The SMILES string of the molecule is C=Cc1c(/C=C\C)n(C(/C=C\C)=C/C)c2cc3c(cc12)-c1ccccc1C3(C)C.CC. The second kappa shape index (κ2) is 8.98. The van der Waals surface area contributed by atoms with Crippen LogP contribution in [0.4, 0.5) is 0 Å². The number of allylic oxidation sites excluding steroid dienone is 5. The summed E-state index contributed by atoms with van der Waals surface area (Å²) in [6.45, 7) is 19.1. The summed E-state index contributed by atoms with van der Waals surface area (Å²) in [7, 11) is 0. The van der Waals surface area contributed by atoms with Crippen LogP contribution < -0.4 is 0 Å². The maximum absolute atomic E-state index is 4.15. The molecule has 0 N–H and O–H groups in total. The highest BCUT2D eigenvalue weighted by Crippen LogP contribution is 2.50. The van der Waals surface area contributed by atoms with Crippen molar-refractivity contribution in [2.45, 2.75) is 53.9 Å². The van der Waals surface area contributed by atoms with Gasteiger partial charge in [-0.05, 0) is 67.3 Å². The Labute approximate surface area is 188 Å². The molecule has 1 aromatic heterocycles. The Hall–Kier alpha value is -3.06. The highest BCUT2D eigenvalue weighted by atomic mass is 15.0. The second-order valence-corrected chi connectivity index (χ2v) is 8.14. The van der Waals surface area contributed by atoms with Crippen LogP contribution in [-0.2, 0) is 5.41 Å². The molecule has 1 aliphatic rings. The lowest BCUT2D eigenvalue weighted by Gasteiger charge is -2.21. The fourth-order valence-electron chi connectivity index (χ4n) is 4.81. The van der Waals surface area contributed by atoms with E-state index >= 15 is 0 Å². The van der Waals surface area contributed by atoms with E-state index in [1.165, 1.54) is 50.1 Å². The van der Waals surface area contributed by atoms with Gasteiger partial charge in [0.1, 0.15) is 0 Å². The lowest BCUT2D eigenvalue weighted by molar-refractivity contribution is 0.661. The van der Waals surface area contributed by atoms with Gasteiger partial charge in [-0.3, -0.25) is 0 Å². The predicted octanol–water partition coefficient (Wildman–Crippen LogP) is 9.09. The minimum absolute atomic E-state index is 0.0129. The first-order valence-corrected chi connectivity index (χ1v) is 11.4. The summed E-state index contributed by atoms with van der Waals surface area (Å²) < 4.78 is 2.37. The van der Waals surface area contributed by atoms with E-state index in [2.05, 4.69) is 113 Å². The van der Waals surface area contributed by atoms with Gasteiger partial charge in [0.15, 0.2) is 0 Å². The Bertz CT molecular complexity index is 1210. The van der Waals surface area contributed by atoms with Gasteiger partial charge < -0.3 is 4.57 Å². The number of hydrogen-bond acceptors (Lipinski definition) is 0. The van der Waals surface area contributed by atoms with Crippen LogP contribution in [0.1, 0.15) is 70.9 Å². The maximum Gasteiger partial charge on any atom is 0.0544 e. The van der Waals surface area contributed by atoms with Crippen LogP contribution in [-0.4, -0.2) is 4.57 Å². The molecule has 0 amide bonds. The van der Waals surface area contributed by atoms with Crippen molar-refractivity contribution in [3.8, 4) is 11.1 Å². The third kappa shape index (κ3) is 3.43. The summed E-state index contributed by atoms with van der Waals surface area (Å²) in [5.74, 6) is 0. The van der Waals surface area contributed by atoms with E-state index < -0.39 is 0 Å². The molecule has 1 heteroatoms. The molecule has 0 fully saturated rings. The van der Waals surface area contributed by atoms with Gasteiger partial charge in [0.2, 0.25) is 0 Å². The average Bonchev–Trinajstić information content (AvgIpc) is 3.21. The summed E-state index contributed by atoms with van der Waals surface area (Å²) in [5, 5.41) is 1.25. The molecule has 0 spiro atoms. The molecule has 1 nitrogen and oxygen atoms in total. The molecule has 0 aliphatic heterocycles. The monoisotopic (exact) mass is 409 g/mol. The predicted molar refractivity (Wildman–Crippen MR) is 140 cm³/mol. The van der Waals surface area contributed by atoms with Gasteiger partial charge in [-0.2, -0.15) is 0 Å². The fraction of sp³-hybridized carbons (Fsp3) is 0.267. The summed E-state index contributed by atoms with van der Waals surface area (Å²) in [4.78, 5) is 0. The Balaban J connectivity index is 0.00000132. The van der Waals surface area contributed by atoms with Gasteiger partial charge in [0.05, 0.1) is 11.2 Å². The molecule has 160 valence electrons. The second-order valence-electron chi connectivity index (χ2n) is 8.14. The zero-order chi connectivity index (χ0) is 22.8. The Kier molecular flexibility index (Phi) is 6.55. The molecule has 0 bridgehead atoms. The van der Waals surface area contributed by atoms with Crippen LogP contribution in [0.15, 0.2) is 67.3 Å². The molecule has 0 unspecified atom stereocenters. The molecule has 4 rings (SSSR count). The summed E-state index contributed by atoms with van der Waals surface area (Å²) in [5.41, 5.74) is 10.3. The molecule has 1 heterocycles. The molecule has 1 aliphatic carbocycles. The van der Waals surface area contributed by atoms with E-state index in [0.29, 0.717) is 0 Å². The van der Waals surface area contributed by atoms with Crippen molar-refractivity contribution in [3.05, 3.63) is 89.7 Å². The molecule has 31 heavy (non-hydrogen) atoms. The Morgan fingerprint density at radius 2 is 1.65 bits per heavy atom. The standard InChI is InChI=1S/C28H29N.C2H6/c1-7-13-19(9-3)29-26(14-8-2)20(10-4)23-17-22-21-15-11-12-16-24(21)28(5,6)25(22)18-27(23)29;1-2/h7-18H,4H2,1-3,5-6H3;1-2H3/b13-7-,14-8-,19-9+;. The number of benzene rings is 2. The molecular formula is C30H35N. The topological polar surface area (TPSA) is 4.93 Å². The van der Waals surface area contributed by atoms with E-state index in [4.69, 9.17) is 0 Å². The lowest BCUT2D eigenvalue weighted by Crippen LogP contribution is -2.15. The highest BCUT2D eigenvalue weighted by molar-refractivity contribution is 6.01. The smallest absolute Gasteiger partial charge is 0.0544 e. The van der Waals surface area contributed by atoms with Crippen LogP contribution in [0.3, 0.4) is 0 Å². The number of rotatable bonds is 4. The molecule has 0 atom stereocenters. The molecule has 0 saturated heterocycles. The zero-order valence-corrected chi connectivity index (χ0v) is 20.1. The van der Waals surface area contributed by atoms with Crippen molar-refractivity contribution < 1.29 is 0 Å². The van der Waals surface area contributed by atoms with E-state index in [1.807, 2.05) is 19.9 Å². The summed E-state index contributed by atoms with van der Waals surface area (Å²) in [6.07, 6.45) is 12.7. The van der Waals surface area contributed by atoms with Gasteiger partial charge in [-0.1, -0.05) is 82.8 Å². The van der Waals surface area contributed by atoms with Gasteiger partial charge in [0.25, 0.3) is 0 Å². The Morgan fingerprint density at radius 1 is 0.935 bits per heavy atom. The van der Waals surface area contributed by atoms with Crippen LogP contribution in [0.5, 0.6) is 0 Å². The first-order valence-electron chi connectivity index (χ1n) is 11.4. The molecular weight excluding hydrogens is 374 g/mol. The van der Waals surface area contributed by atoms with Gasteiger partial charge in [-0.15, -0.1) is 0 Å². The van der Waals surface area contributed by atoms with Crippen molar-refractivity contribution in [1.82, 2.24) is 4.57 Å². The van der Waals surface area contributed by atoms with Crippen LogP contribution in [0.25, 0.3) is 39.9 Å². The molecule has 0 radical (unpaired) electrons. The van der Waals surface area contributed by atoms with Crippen molar-refractivity contribution in [2.24, 2.45) is 0 Å². The number of aromatic nitrogens is 1. The maximum atomic E-state index is 4.15. The van der Waals surface area contributed by atoms with E-state index in [9.17, 15) is 0 Å². The lowest BCUT2D eigenvalue weighted by atomic mass is 9.82. The number of hydrogen-bond donors (Lipinski definition) is 0. The Morgan fingerprint density at radius 3 is 2.26 bits per heavy atom. The van der Waals surface area contributed by atoms with Crippen molar-refractivity contribution >= 4 is 28.8 Å². The minimum atomic E-state index is -0.0129. The van der Waals surface area contributed by atoms with Gasteiger partial charge >= 0.3 is 0 Å². The van der Waals surface area contributed by atoms with Crippen molar-refractivity contribution in [3.63, 3.8) is 0 Å². The normalized spacial score (nSPS) is 14.6. The van der Waals surface area contributed by atoms with Crippen LogP contribution in [0, 0.1) is 0 Å². The molecule has 2 aromatic carbocycles. The number of fused-ring (bicyclic) bond motifs is 4. The van der Waals surface area contributed by atoms with Gasteiger partial charge in [0, 0.05) is 22.1 Å². The summed E-state index contributed by atoms with van der Waals surface area (Å²) in [6, 6.07) is 13.6. The zero-order valence-electron chi connectivity index (χ0n) is 20.1. The first kappa shape index (κ1) is 22.6. The quantitative estimate of drug-likeness (QED) is 0.379. The van der Waals surface area contributed by atoms with Gasteiger partial charge in [-0.25, -0.2) is 0 Å². The third-order valence-electron chi connectivity index (χ3n) is 6.17. The van der Waals surface area contributed by atoms with Crippen LogP contribution in [0.2, 0.25) is 0 Å².